The van der Waals surface area contributed by atoms with Crippen molar-refractivity contribution in [3.05, 3.63) is 87.0 Å². The highest BCUT2D eigenvalue weighted by Gasteiger charge is 2.30. The smallest absolute Gasteiger partial charge is 0.416 e. The molecule has 0 unspecified atom stereocenters. The van der Waals surface area contributed by atoms with E-state index in [0.29, 0.717) is 28.8 Å². The van der Waals surface area contributed by atoms with Crippen molar-refractivity contribution in [2.24, 2.45) is 0 Å². The van der Waals surface area contributed by atoms with Crippen LogP contribution >= 0.6 is 23.2 Å². The van der Waals surface area contributed by atoms with Crippen molar-refractivity contribution in [1.82, 2.24) is 15.2 Å². The maximum Gasteiger partial charge on any atom is 0.416 e. The molecular weight excluding hydrogens is 494 g/mol. The lowest BCUT2D eigenvalue weighted by atomic mass is 10.1. The third-order valence-corrected chi connectivity index (χ3v) is 5.39. The fourth-order valence-corrected chi connectivity index (χ4v) is 3.67. The number of carbonyl (C=O) groups is 1. The number of amides is 1. The van der Waals surface area contributed by atoms with Gasteiger partial charge in [0.15, 0.2) is 5.69 Å². The summed E-state index contributed by atoms with van der Waals surface area (Å²) in [7, 11) is 1.52. The van der Waals surface area contributed by atoms with Crippen LogP contribution in [0.3, 0.4) is 0 Å². The van der Waals surface area contributed by atoms with Crippen LogP contribution in [0.4, 0.5) is 13.2 Å². The van der Waals surface area contributed by atoms with Crippen molar-refractivity contribution in [1.29, 1.82) is 0 Å². The molecule has 0 bridgehead atoms. The normalized spacial score (nSPS) is 11.7. The number of hydrogen-bond donors (Lipinski definition) is 1. The van der Waals surface area contributed by atoms with Gasteiger partial charge in [-0.05, 0) is 29.3 Å². The average molecular weight is 516 g/mol. The zero-order valence-corrected chi connectivity index (χ0v) is 19.7. The van der Waals surface area contributed by atoms with E-state index in [-0.39, 0.29) is 31.2 Å². The Morgan fingerprint density at radius 1 is 1.15 bits per heavy atom. The Morgan fingerprint density at radius 3 is 2.65 bits per heavy atom. The lowest BCUT2D eigenvalue weighted by Gasteiger charge is -2.22. The predicted octanol–water partition coefficient (Wildman–Crippen LogP) is 5.58. The van der Waals surface area contributed by atoms with E-state index in [1.165, 1.54) is 19.4 Å². The monoisotopic (exact) mass is 515 g/mol. The van der Waals surface area contributed by atoms with Gasteiger partial charge in [-0.1, -0.05) is 47.5 Å². The third-order valence-electron chi connectivity index (χ3n) is 4.80. The molecule has 0 saturated heterocycles. The molecule has 1 N–H and O–H groups in total. The summed E-state index contributed by atoms with van der Waals surface area (Å²) in [6.07, 6.45) is -3.22. The van der Waals surface area contributed by atoms with Gasteiger partial charge in [-0.15, -0.1) is 0 Å². The van der Waals surface area contributed by atoms with Gasteiger partial charge in [-0.2, -0.15) is 13.2 Å². The van der Waals surface area contributed by atoms with Crippen LogP contribution in [0.2, 0.25) is 10.0 Å². The van der Waals surface area contributed by atoms with E-state index >= 15 is 0 Å². The average Bonchev–Trinajstić information content (AvgIpc) is 3.24. The molecule has 6 nitrogen and oxygen atoms in total. The molecule has 0 radical (unpaired) electrons. The standard InChI is InChI=1S/C23H22Cl2F3N3O3/c1-33-8-7-29-22(32)20-14-34-21(30-20)13-31(12-16-5-6-18(24)10-19(16)25)11-15-3-2-4-17(9-15)23(26,27)28/h2-6,9-10,14H,7-8,11-13H2,1H3,(H,29,32). The van der Waals surface area contributed by atoms with Crippen LogP contribution in [-0.2, 0) is 30.5 Å². The SMILES string of the molecule is COCCNC(=O)c1coc(CN(Cc2cccc(C(F)(F)F)c2)Cc2ccc(Cl)cc2Cl)n1. The van der Waals surface area contributed by atoms with Gasteiger partial charge < -0.3 is 14.5 Å². The van der Waals surface area contributed by atoms with Crippen molar-refractivity contribution < 1.29 is 27.1 Å². The largest absolute Gasteiger partial charge is 0.447 e. The first kappa shape index (κ1) is 26.0. The number of nitrogens with one attached hydrogen (secondary N) is 1. The Morgan fingerprint density at radius 2 is 1.94 bits per heavy atom. The molecule has 0 fully saturated rings. The summed E-state index contributed by atoms with van der Waals surface area (Å²) in [6.45, 7) is 1.22. The second kappa shape index (κ2) is 11.7. The summed E-state index contributed by atoms with van der Waals surface area (Å²) in [5.74, 6) is -0.189. The zero-order valence-electron chi connectivity index (χ0n) is 18.2. The predicted molar refractivity (Wildman–Crippen MR) is 122 cm³/mol. The fraction of sp³-hybridized carbons (Fsp3) is 0.304. The number of ether oxygens (including phenoxy) is 1. The summed E-state index contributed by atoms with van der Waals surface area (Å²) in [4.78, 5) is 18.2. The van der Waals surface area contributed by atoms with Gasteiger partial charge in [0.2, 0.25) is 5.89 Å². The molecule has 0 spiro atoms. The summed E-state index contributed by atoms with van der Waals surface area (Å²) in [5.41, 5.74) is 0.529. The van der Waals surface area contributed by atoms with Gasteiger partial charge >= 0.3 is 6.18 Å². The number of methoxy groups -OCH3 is 1. The van der Waals surface area contributed by atoms with Crippen molar-refractivity contribution in [2.75, 3.05) is 20.3 Å². The molecule has 11 heteroatoms. The summed E-state index contributed by atoms with van der Waals surface area (Å²) in [5, 5.41) is 3.53. The third kappa shape index (κ3) is 7.46. The maximum atomic E-state index is 13.2. The first-order valence-corrected chi connectivity index (χ1v) is 10.9. The van der Waals surface area contributed by atoms with Crippen LogP contribution in [0.5, 0.6) is 0 Å². The molecule has 34 heavy (non-hydrogen) atoms. The van der Waals surface area contributed by atoms with Crippen LogP contribution in [0, 0.1) is 0 Å². The van der Waals surface area contributed by atoms with Crippen molar-refractivity contribution >= 4 is 29.1 Å². The Hall–Kier alpha value is -2.59. The number of nitrogens with zero attached hydrogens (tertiary/aromatic N) is 2. The minimum Gasteiger partial charge on any atom is -0.447 e. The van der Waals surface area contributed by atoms with Crippen LogP contribution in [0.25, 0.3) is 0 Å². The van der Waals surface area contributed by atoms with Crippen LogP contribution in [0.1, 0.15) is 33.1 Å². The molecule has 0 saturated carbocycles. The highest BCUT2D eigenvalue weighted by Crippen LogP contribution is 2.30. The Balaban J connectivity index is 1.80. The number of rotatable bonds is 10. The molecule has 0 atom stereocenters. The van der Waals surface area contributed by atoms with Gasteiger partial charge in [0.25, 0.3) is 5.91 Å². The number of halogens is 5. The van der Waals surface area contributed by atoms with E-state index in [2.05, 4.69) is 10.3 Å². The van der Waals surface area contributed by atoms with E-state index in [1.807, 2.05) is 4.90 Å². The Bertz CT molecular complexity index is 1120. The van der Waals surface area contributed by atoms with Gasteiger partial charge in [0, 0.05) is 36.8 Å². The molecule has 3 aromatic rings. The van der Waals surface area contributed by atoms with E-state index in [4.69, 9.17) is 32.4 Å². The van der Waals surface area contributed by atoms with E-state index in [1.54, 1.807) is 24.3 Å². The molecular formula is C23H22Cl2F3N3O3. The van der Waals surface area contributed by atoms with E-state index in [0.717, 1.165) is 17.7 Å². The molecule has 0 aliphatic carbocycles. The van der Waals surface area contributed by atoms with Gasteiger partial charge in [-0.25, -0.2) is 4.98 Å². The molecule has 3 rings (SSSR count). The van der Waals surface area contributed by atoms with Crippen LogP contribution in [0.15, 0.2) is 53.1 Å². The number of oxazole rings is 1. The van der Waals surface area contributed by atoms with Crippen molar-refractivity contribution in [3.63, 3.8) is 0 Å². The molecule has 1 heterocycles. The highest BCUT2D eigenvalue weighted by atomic mass is 35.5. The fourth-order valence-electron chi connectivity index (χ4n) is 3.20. The first-order chi connectivity index (χ1) is 16.2. The molecule has 2 aromatic carbocycles. The number of carbonyl (C=O) groups excluding carboxylic acids is 1. The summed E-state index contributed by atoms with van der Waals surface area (Å²) < 4.78 is 49.8. The lowest BCUT2D eigenvalue weighted by Crippen LogP contribution is -2.27. The lowest BCUT2D eigenvalue weighted by molar-refractivity contribution is -0.137. The molecule has 0 aliphatic rings. The number of aromatic nitrogens is 1. The number of benzene rings is 2. The van der Waals surface area contributed by atoms with E-state index in [9.17, 15) is 18.0 Å². The number of hydrogen-bond acceptors (Lipinski definition) is 5. The minimum atomic E-state index is -4.45. The van der Waals surface area contributed by atoms with Crippen LogP contribution in [-0.4, -0.2) is 36.1 Å². The molecule has 1 amide bonds. The Labute approximate surface area is 204 Å². The summed E-state index contributed by atoms with van der Waals surface area (Å²) >= 11 is 12.3. The number of alkyl halides is 3. The van der Waals surface area contributed by atoms with E-state index < -0.39 is 17.6 Å². The Kier molecular flexibility index (Phi) is 8.96. The van der Waals surface area contributed by atoms with Crippen molar-refractivity contribution in [3.8, 4) is 0 Å². The highest BCUT2D eigenvalue weighted by molar-refractivity contribution is 6.35. The maximum absolute atomic E-state index is 13.2. The quantitative estimate of drug-likeness (QED) is 0.357. The van der Waals surface area contributed by atoms with Gasteiger partial charge in [-0.3, -0.25) is 9.69 Å². The van der Waals surface area contributed by atoms with Gasteiger partial charge in [0.05, 0.1) is 18.7 Å². The second-order valence-corrected chi connectivity index (χ2v) is 8.30. The molecule has 182 valence electrons. The molecule has 1 aromatic heterocycles. The molecule has 0 aliphatic heterocycles. The second-order valence-electron chi connectivity index (χ2n) is 7.45. The minimum absolute atomic E-state index is 0.0923. The topological polar surface area (TPSA) is 67.6 Å². The van der Waals surface area contributed by atoms with Crippen LogP contribution < -0.4 is 5.32 Å². The first-order valence-electron chi connectivity index (χ1n) is 10.2. The van der Waals surface area contributed by atoms with Gasteiger partial charge in [0.1, 0.15) is 6.26 Å². The zero-order chi connectivity index (χ0) is 24.7. The summed E-state index contributed by atoms with van der Waals surface area (Å²) in [6, 6.07) is 10.1. The van der Waals surface area contributed by atoms with Crippen molar-refractivity contribution in [2.45, 2.75) is 25.8 Å².